The van der Waals surface area contributed by atoms with Gasteiger partial charge in [-0.1, -0.05) is 11.6 Å². The van der Waals surface area contributed by atoms with E-state index < -0.39 is 10.0 Å². The molecule has 0 spiro atoms. The van der Waals surface area contributed by atoms with Crippen LogP contribution in [-0.4, -0.2) is 24.3 Å². The van der Waals surface area contributed by atoms with Crippen LogP contribution in [0.15, 0.2) is 53.7 Å². The maximum absolute atomic E-state index is 12.8. The Hall–Kier alpha value is -1.43. The van der Waals surface area contributed by atoms with Crippen molar-refractivity contribution in [2.24, 2.45) is 0 Å². The zero-order valence-corrected chi connectivity index (χ0v) is 12.9. The van der Waals surface area contributed by atoms with Crippen molar-refractivity contribution in [3.05, 3.63) is 59.4 Å². The second-order valence-corrected chi connectivity index (χ2v) is 7.34. The summed E-state index contributed by atoms with van der Waals surface area (Å²) in [6, 6.07) is 9.95. The highest BCUT2D eigenvalue weighted by Gasteiger charge is 2.35. The molecule has 1 aromatic carbocycles. The Morgan fingerprint density at radius 1 is 1.10 bits per heavy atom. The lowest BCUT2D eigenvalue weighted by Gasteiger charge is -2.24. The molecule has 0 bridgehead atoms. The van der Waals surface area contributed by atoms with Gasteiger partial charge in [-0.2, -0.15) is 4.31 Å². The molecule has 0 saturated carbocycles. The van der Waals surface area contributed by atoms with Crippen molar-refractivity contribution < 1.29 is 8.42 Å². The fourth-order valence-electron chi connectivity index (χ4n) is 2.69. The number of hydrogen-bond donors (Lipinski definition) is 0. The molecule has 1 fully saturated rings. The summed E-state index contributed by atoms with van der Waals surface area (Å²) in [5.41, 5.74) is 0.986. The summed E-state index contributed by atoms with van der Waals surface area (Å²) < 4.78 is 27.2. The number of pyridine rings is 1. The van der Waals surface area contributed by atoms with Gasteiger partial charge >= 0.3 is 0 Å². The smallest absolute Gasteiger partial charge is 0.243 e. The van der Waals surface area contributed by atoms with Gasteiger partial charge in [-0.05, 0) is 54.8 Å². The molecule has 1 aliphatic heterocycles. The van der Waals surface area contributed by atoms with Crippen LogP contribution >= 0.6 is 11.6 Å². The molecular weight excluding hydrogens is 308 g/mol. The summed E-state index contributed by atoms with van der Waals surface area (Å²) in [5.74, 6) is 0. The van der Waals surface area contributed by atoms with E-state index in [0.717, 1.165) is 18.4 Å². The molecule has 2 aromatic rings. The zero-order valence-electron chi connectivity index (χ0n) is 11.3. The summed E-state index contributed by atoms with van der Waals surface area (Å²) >= 11 is 5.83. The largest absolute Gasteiger partial charge is 0.265 e. The van der Waals surface area contributed by atoms with Crippen LogP contribution in [0.2, 0.25) is 5.02 Å². The van der Waals surface area contributed by atoms with Crippen LogP contribution in [0.4, 0.5) is 0 Å². The molecule has 2 heterocycles. The Morgan fingerprint density at radius 3 is 2.43 bits per heavy atom. The number of rotatable bonds is 3. The first-order chi connectivity index (χ1) is 10.1. The van der Waals surface area contributed by atoms with Crippen LogP contribution in [-0.2, 0) is 10.0 Å². The molecule has 21 heavy (non-hydrogen) atoms. The number of aromatic nitrogens is 1. The van der Waals surface area contributed by atoms with E-state index in [-0.39, 0.29) is 10.9 Å². The fourth-order valence-corrected chi connectivity index (χ4v) is 4.50. The molecule has 0 N–H and O–H groups in total. The highest BCUT2D eigenvalue weighted by molar-refractivity contribution is 7.89. The minimum Gasteiger partial charge on any atom is -0.265 e. The van der Waals surface area contributed by atoms with Crippen LogP contribution in [0.5, 0.6) is 0 Å². The zero-order chi connectivity index (χ0) is 14.9. The fraction of sp³-hybridized carbons (Fsp3) is 0.267. The van der Waals surface area contributed by atoms with E-state index in [0.29, 0.717) is 11.6 Å². The van der Waals surface area contributed by atoms with Crippen molar-refractivity contribution in [3.8, 4) is 0 Å². The van der Waals surface area contributed by atoms with Gasteiger partial charge in [0.25, 0.3) is 0 Å². The molecule has 1 unspecified atom stereocenters. The van der Waals surface area contributed by atoms with Gasteiger partial charge in [0, 0.05) is 24.0 Å². The van der Waals surface area contributed by atoms with E-state index in [1.54, 1.807) is 41.0 Å². The van der Waals surface area contributed by atoms with Gasteiger partial charge in [0.2, 0.25) is 10.0 Å². The normalized spacial score (nSPS) is 19.8. The first kappa shape index (κ1) is 14.5. The van der Waals surface area contributed by atoms with Crippen molar-refractivity contribution in [1.29, 1.82) is 0 Å². The summed E-state index contributed by atoms with van der Waals surface area (Å²) in [5, 5.41) is 0.529. The van der Waals surface area contributed by atoms with Gasteiger partial charge in [0.05, 0.1) is 10.9 Å². The Labute approximate surface area is 129 Å². The maximum Gasteiger partial charge on any atom is 0.243 e. The summed E-state index contributed by atoms with van der Waals surface area (Å²) in [6.45, 7) is 0.540. The Morgan fingerprint density at radius 2 is 1.76 bits per heavy atom. The highest BCUT2D eigenvalue weighted by Crippen LogP contribution is 2.36. The predicted octanol–water partition coefficient (Wildman–Crippen LogP) is 3.26. The topological polar surface area (TPSA) is 50.3 Å². The van der Waals surface area contributed by atoms with Gasteiger partial charge in [0.15, 0.2) is 0 Å². The van der Waals surface area contributed by atoms with Crippen LogP contribution in [0, 0.1) is 0 Å². The number of halogens is 1. The van der Waals surface area contributed by atoms with Crippen LogP contribution in [0.1, 0.15) is 24.4 Å². The average molecular weight is 323 g/mol. The Bertz CT molecular complexity index is 717. The van der Waals surface area contributed by atoms with Crippen molar-refractivity contribution in [3.63, 3.8) is 0 Å². The average Bonchev–Trinajstić information content (AvgIpc) is 2.99. The Balaban J connectivity index is 1.96. The van der Waals surface area contributed by atoms with E-state index in [1.807, 2.05) is 12.1 Å². The van der Waals surface area contributed by atoms with E-state index in [9.17, 15) is 8.42 Å². The quantitative estimate of drug-likeness (QED) is 0.871. The molecular formula is C15H15ClN2O2S. The van der Waals surface area contributed by atoms with E-state index in [4.69, 9.17) is 11.6 Å². The number of nitrogens with zero attached hydrogens (tertiary/aromatic N) is 2. The van der Waals surface area contributed by atoms with Crippen molar-refractivity contribution in [2.45, 2.75) is 23.8 Å². The second kappa shape index (κ2) is 5.75. The van der Waals surface area contributed by atoms with Gasteiger partial charge in [-0.25, -0.2) is 8.42 Å². The van der Waals surface area contributed by atoms with E-state index in [2.05, 4.69) is 4.98 Å². The van der Waals surface area contributed by atoms with Crippen LogP contribution in [0.25, 0.3) is 0 Å². The molecule has 3 rings (SSSR count). The van der Waals surface area contributed by atoms with Crippen LogP contribution < -0.4 is 0 Å². The minimum atomic E-state index is -3.50. The van der Waals surface area contributed by atoms with Crippen molar-refractivity contribution >= 4 is 21.6 Å². The van der Waals surface area contributed by atoms with E-state index in [1.165, 1.54) is 0 Å². The third kappa shape index (κ3) is 2.81. The molecule has 1 aromatic heterocycles. The Kier molecular flexibility index (Phi) is 3.97. The van der Waals surface area contributed by atoms with Gasteiger partial charge in [-0.15, -0.1) is 0 Å². The lowest BCUT2D eigenvalue weighted by Crippen LogP contribution is -2.30. The van der Waals surface area contributed by atoms with Gasteiger partial charge in [0.1, 0.15) is 0 Å². The van der Waals surface area contributed by atoms with Gasteiger partial charge < -0.3 is 0 Å². The summed E-state index contributed by atoms with van der Waals surface area (Å²) in [4.78, 5) is 4.27. The molecule has 1 atom stereocenters. The molecule has 4 nitrogen and oxygen atoms in total. The highest BCUT2D eigenvalue weighted by atomic mass is 35.5. The molecule has 0 radical (unpaired) electrons. The number of hydrogen-bond acceptors (Lipinski definition) is 3. The van der Waals surface area contributed by atoms with Crippen LogP contribution in [0.3, 0.4) is 0 Å². The molecule has 6 heteroatoms. The number of sulfonamides is 1. The predicted molar refractivity (Wildman–Crippen MR) is 81.6 cm³/mol. The standard InChI is InChI=1S/C15H15ClN2O2S/c16-13-3-5-14(6-4-13)21(19,20)18-11-1-2-15(18)12-7-9-17-10-8-12/h3-10,15H,1-2,11H2. The molecule has 110 valence electrons. The molecule has 1 aliphatic rings. The van der Waals surface area contributed by atoms with Crippen molar-refractivity contribution in [1.82, 2.24) is 9.29 Å². The minimum absolute atomic E-state index is 0.117. The molecule has 0 amide bonds. The monoisotopic (exact) mass is 322 g/mol. The third-order valence-corrected chi connectivity index (χ3v) is 5.89. The number of benzene rings is 1. The first-order valence-corrected chi connectivity index (χ1v) is 8.58. The molecule has 1 saturated heterocycles. The van der Waals surface area contributed by atoms with Crippen molar-refractivity contribution in [2.75, 3.05) is 6.54 Å². The second-order valence-electron chi connectivity index (χ2n) is 5.01. The van der Waals surface area contributed by atoms with Gasteiger partial charge in [-0.3, -0.25) is 4.98 Å². The lowest BCUT2D eigenvalue weighted by atomic mass is 10.1. The van der Waals surface area contributed by atoms with E-state index >= 15 is 0 Å². The third-order valence-electron chi connectivity index (χ3n) is 3.71. The maximum atomic E-state index is 12.8. The first-order valence-electron chi connectivity index (χ1n) is 6.76. The summed E-state index contributed by atoms with van der Waals surface area (Å²) in [6.07, 6.45) is 5.08. The SMILES string of the molecule is O=S(=O)(c1ccc(Cl)cc1)N1CCCC1c1ccncc1. The lowest BCUT2D eigenvalue weighted by molar-refractivity contribution is 0.396. The summed E-state index contributed by atoms with van der Waals surface area (Å²) in [7, 11) is -3.50. The molecule has 0 aliphatic carbocycles.